The van der Waals surface area contributed by atoms with Crippen LogP contribution in [0.5, 0.6) is 11.5 Å². The second kappa shape index (κ2) is 10.5. The minimum atomic E-state index is -0.725. The van der Waals surface area contributed by atoms with Crippen molar-refractivity contribution < 1.29 is 24.2 Å². The maximum atomic E-state index is 13.3. The fourth-order valence-electron chi connectivity index (χ4n) is 4.47. The number of rotatable bonds is 7. The molecule has 6 heteroatoms. The minimum Gasteiger partial charge on any atom is -0.507 e. The van der Waals surface area contributed by atoms with Gasteiger partial charge in [-0.05, 0) is 82.1 Å². The van der Waals surface area contributed by atoms with Gasteiger partial charge >= 0.3 is 0 Å². The van der Waals surface area contributed by atoms with Gasteiger partial charge in [0.1, 0.15) is 22.9 Å². The number of Topliss-reactive ketones (excluding diaryl/α,β-unsaturated/α-hetero) is 1. The smallest absolute Gasteiger partial charge is 0.295 e. The van der Waals surface area contributed by atoms with Crippen LogP contribution in [-0.2, 0) is 16.1 Å². The normalized spacial score (nSPS) is 17.2. The van der Waals surface area contributed by atoms with Crippen LogP contribution in [0.2, 0.25) is 0 Å². The Labute approximate surface area is 218 Å². The number of amides is 1. The summed E-state index contributed by atoms with van der Waals surface area (Å²) < 4.78 is 11.4. The molecule has 0 bridgehead atoms. The third-order valence-corrected chi connectivity index (χ3v) is 6.04. The van der Waals surface area contributed by atoms with Crippen LogP contribution in [0.1, 0.15) is 56.0 Å². The lowest BCUT2D eigenvalue weighted by atomic mass is 9.94. The Balaban J connectivity index is 1.74. The number of aliphatic hydroxyl groups excluding tert-OH is 1. The average molecular weight is 500 g/mol. The number of nitrogens with zero attached hydrogens (tertiary/aromatic N) is 1. The third-order valence-electron chi connectivity index (χ3n) is 6.04. The number of likely N-dealkylation sites (tertiary alicyclic amines) is 1. The molecule has 1 fully saturated rings. The first-order valence-electron chi connectivity index (χ1n) is 12.4. The molecule has 0 spiro atoms. The van der Waals surface area contributed by atoms with Crippen LogP contribution in [0, 0.1) is 6.92 Å². The largest absolute Gasteiger partial charge is 0.507 e. The number of carbonyl (C=O) groups is 2. The van der Waals surface area contributed by atoms with Gasteiger partial charge in [-0.3, -0.25) is 9.59 Å². The Morgan fingerprint density at radius 3 is 2.19 bits per heavy atom. The first-order valence-corrected chi connectivity index (χ1v) is 12.4. The van der Waals surface area contributed by atoms with E-state index in [0.717, 1.165) is 22.4 Å². The van der Waals surface area contributed by atoms with Gasteiger partial charge in [0, 0.05) is 12.1 Å². The molecule has 0 saturated carbocycles. The summed E-state index contributed by atoms with van der Waals surface area (Å²) in [6.45, 7) is 10.5. The van der Waals surface area contributed by atoms with E-state index < -0.39 is 17.7 Å². The number of benzene rings is 3. The highest BCUT2D eigenvalue weighted by molar-refractivity contribution is 6.46. The van der Waals surface area contributed by atoms with Gasteiger partial charge in [0.05, 0.1) is 18.2 Å². The third kappa shape index (κ3) is 5.85. The number of ether oxygens (including phenoxy) is 2. The molecule has 0 aromatic heterocycles. The van der Waals surface area contributed by atoms with Gasteiger partial charge in [0.15, 0.2) is 0 Å². The van der Waals surface area contributed by atoms with Crippen molar-refractivity contribution in [3.05, 3.63) is 101 Å². The highest BCUT2D eigenvalue weighted by Gasteiger charge is 2.46. The van der Waals surface area contributed by atoms with Gasteiger partial charge in [0.2, 0.25) is 0 Å². The lowest BCUT2D eigenvalue weighted by Crippen LogP contribution is -2.29. The van der Waals surface area contributed by atoms with Crippen molar-refractivity contribution in [2.24, 2.45) is 0 Å². The van der Waals surface area contributed by atoms with Crippen molar-refractivity contribution in [2.45, 2.75) is 52.8 Å². The SMILES string of the molecule is CCOc1ccc(/C(O)=C2/C(=O)C(=O)N(Cc3ccc(OC(C)(C)C)cc3)C2c2cccc(C)c2)cc1. The molecule has 1 atom stereocenters. The zero-order valence-corrected chi connectivity index (χ0v) is 21.9. The highest BCUT2D eigenvalue weighted by atomic mass is 16.5. The molecule has 192 valence electrons. The standard InChI is InChI=1S/C31H33NO5/c1-6-36-24-16-12-22(13-17-24)28(33)26-27(23-9-7-8-20(2)18-23)32(30(35)29(26)34)19-21-10-14-25(15-11-21)37-31(3,4)5/h7-18,27,33H,6,19H2,1-5H3/b28-26-. The van der Waals surface area contributed by atoms with Gasteiger partial charge in [0.25, 0.3) is 11.7 Å². The molecular weight excluding hydrogens is 466 g/mol. The molecule has 1 heterocycles. The van der Waals surface area contributed by atoms with E-state index in [4.69, 9.17) is 9.47 Å². The first kappa shape index (κ1) is 26.0. The average Bonchev–Trinajstić information content (AvgIpc) is 3.09. The van der Waals surface area contributed by atoms with Crippen LogP contribution >= 0.6 is 0 Å². The monoisotopic (exact) mass is 499 g/mol. The van der Waals surface area contributed by atoms with E-state index in [0.29, 0.717) is 17.9 Å². The van der Waals surface area contributed by atoms with Gasteiger partial charge < -0.3 is 19.5 Å². The molecule has 3 aromatic rings. The van der Waals surface area contributed by atoms with Crippen LogP contribution in [0.4, 0.5) is 0 Å². The molecule has 1 N–H and O–H groups in total. The van der Waals surface area contributed by atoms with E-state index in [1.54, 1.807) is 24.3 Å². The number of hydrogen-bond acceptors (Lipinski definition) is 5. The van der Waals surface area contributed by atoms with Crippen molar-refractivity contribution in [2.75, 3.05) is 6.61 Å². The van der Waals surface area contributed by atoms with Gasteiger partial charge in [-0.2, -0.15) is 0 Å². The number of hydrogen-bond donors (Lipinski definition) is 1. The zero-order chi connectivity index (χ0) is 26.7. The zero-order valence-electron chi connectivity index (χ0n) is 21.9. The molecule has 3 aromatic carbocycles. The topological polar surface area (TPSA) is 76.1 Å². The van der Waals surface area contributed by atoms with Crippen LogP contribution < -0.4 is 9.47 Å². The predicted molar refractivity (Wildman–Crippen MR) is 143 cm³/mol. The van der Waals surface area contributed by atoms with Crippen LogP contribution in [0.25, 0.3) is 5.76 Å². The van der Waals surface area contributed by atoms with E-state index in [9.17, 15) is 14.7 Å². The fraction of sp³-hybridized carbons (Fsp3) is 0.290. The Morgan fingerprint density at radius 1 is 0.946 bits per heavy atom. The number of ketones is 1. The van der Waals surface area contributed by atoms with Crippen molar-refractivity contribution in [3.63, 3.8) is 0 Å². The summed E-state index contributed by atoms with van der Waals surface area (Å²) in [7, 11) is 0. The molecule has 6 nitrogen and oxygen atoms in total. The lowest BCUT2D eigenvalue weighted by molar-refractivity contribution is -0.140. The Morgan fingerprint density at radius 2 is 1.59 bits per heavy atom. The summed E-state index contributed by atoms with van der Waals surface area (Å²) in [5.41, 5.74) is 2.80. The second-order valence-electron chi connectivity index (χ2n) is 10.2. The molecule has 1 aliphatic rings. The highest BCUT2D eigenvalue weighted by Crippen LogP contribution is 2.40. The Bertz CT molecular complexity index is 1320. The van der Waals surface area contributed by atoms with Crippen molar-refractivity contribution in [3.8, 4) is 11.5 Å². The van der Waals surface area contributed by atoms with E-state index in [-0.39, 0.29) is 23.5 Å². The maximum absolute atomic E-state index is 13.3. The fourth-order valence-corrected chi connectivity index (χ4v) is 4.47. The summed E-state index contributed by atoms with van der Waals surface area (Å²) in [5, 5.41) is 11.3. The van der Waals surface area contributed by atoms with Crippen LogP contribution in [-0.4, -0.2) is 33.9 Å². The van der Waals surface area contributed by atoms with E-state index >= 15 is 0 Å². The minimum absolute atomic E-state index is 0.0763. The van der Waals surface area contributed by atoms with E-state index in [1.165, 1.54) is 4.90 Å². The number of aryl methyl sites for hydroxylation is 1. The van der Waals surface area contributed by atoms with Crippen molar-refractivity contribution in [1.82, 2.24) is 4.90 Å². The molecule has 1 aliphatic heterocycles. The lowest BCUT2D eigenvalue weighted by Gasteiger charge is -2.26. The van der Waals surface area contributed by atoms with E-state index in [1.807, 2.05) is 83.1 Å². The molecule has 37 heavy (non-hydrogen) atoms. The summed E-state index contributed by atoms with van der Waals surface area (Å²) in [6.07, 6.45) is 0. The molecule has 1 unspecified atom stereocenters. The molecule has 1 saturated heterocycles. The van der Waals surface area contributed by atoms with Gasteiger partial charge in [-0.1, -0.05) is 42.0 Å². The number of aliphatic hydroxyl groups is 1. The molecular formula is C31H33NO5. The first-order chi connectivity index (χ1) is 17.6. The summed E-state index contributed by atoms with van der Waals surface area (Å²) in [4.78, 5) is 28.1. The maximum Gasteiger partial charge on any atom is 0.295 e. The molecule has 4 rings (SSSR count). The van der Waals surface area contributed by atoms with Crippen molar-refractivity contribution in [1.29, 1.82) is 0 Å². The second-order valence-corrected chi connectivity index (χ2v) is 10.2. The molecule has 0 radical (unpaired) electrons. The Kier molecular flexibility index (Phi) is 7.39. The predicted octanol–water partition coefficient (Wildman–Crippen LogP) is 6.19. The van der Waals surface area contributed by atoms with Crippen LogP contribution in [0.15, 0.2) is 78.4 Å². The summed E-state index contributed by atoms with van der Waals surface area (Å²) >= 11 is 0. The summed E-state index contributed by atoms with van der Waals surface area (Å²) in [6, 6.07) is 21.3. The van der Waals surface area contributed by atoms with E-state index in [2.05, 4.69) is 0 Å². The van der Waals surface area contributed by atoms with Crippen molar-refractivity contribution >= 4 is 17.4 Å². The van der Waals surface area contributed by atoms with Crippen LogP contribution in [0.3, 0.4) is 0 Å². The van der Waals surface area contributed by atoms with Gasteiger partial charge in [-0.25, -0.2) is 0 Å². The Hall–Kier alpha value is -4.06. The quantitative estimate of drug-likeness (QED) is 0.238. The molecule has 1 amide bonds. The summed E-state index contributed by atoms with van der Waals surface area (Å²) in [5.74, 6) is -0.165. The van der Waals surface area contributed by atoms with Gasteiger partial charge in [-0.15, -0.1) is 0 Å². The number of carbonyl (C=O) groups excluding carboxylic acids is 2. The molecule has 0 aliphatic carbocycles.